The molecule has 4 heteroatoms. The zero-order valence-corrected chi connectivity index (χ0v) is 12.7. The van der Waals surface area contributed by atoms with E-state index in [1.807, 2.05) is 48.5 Å². The van der Waals surface area contributed by atoms with E-state index in [0.29, 0.717) is 25.2 Å². The van der Waals surface area contributed by atoms with Crippen LogP contribution in [0.3, 0.4) is 0 Å². The van der Waals surface area contributed by atoms with Gasteiger partial charge < -0.3 is 9.84 Å². The first-order chi connectivity index (χ1) is 10.8. The number of ether oxygens (including phenoxy) is 1. The molecule has 0 fully saturated rings. The Morgan fingerprint density at radius 3 is 2.45 bits per heavy atom. The molecule has 0 aliphatic rings. The van der Waals surface area contributed by atoms with Gasteiger partial charge in [0.15, 0.2) is 0 Å². The maximum Gasteiger partial charge on any atom is 0.123 e. The lowest BCUT2D eigenvalue weighted by Crippen LogP contribution is -2.26. The summed E-state index contributed by atoms with van der Waals surface area (Å²) in [7, 11) is 1.66. The van der Waals surface area contributed by atoms with Crippen molar-refractivity contribution in [3.8, 4) is 11.8 Å². The van der Waals surface area contributed by atoms with Crippen LogP contribution in [0.4, 0.5) is 0 Å². The summed E-state index contributed by atoms with van der Waals surface area (Å²) in [5.74, 6) is 0.852. The molecule has 2 aromatic carbocycles. The minimum Gasteiger partial charge on any atom is -0.496 e. The predicted octanol–water partition coefficient (Wildman–Crippen LogP) is 2.56. The van der Waals surface area contributed by atoms with Crippen molar-refractivity contribution in [3.05, 3.63) is 65.2 Å². The Balaban J connectivity index is 2.10. The van der Waals surface area contributed by atoms with Crippen molar-refractivity contribution in [2.45, 2.75) is 13.1 Å². The molecule has 2 aromatic rings. The summed E-state index contributed by atoms with van der Waals surface area (Å²) in [5.41, 5.74) is 2.86. The number of rotatable bonds is 7. The van der Waals surface area contributed by atoms with Crippen molar-refractivity contribution in [3.63, 3.8) is 0 Å². The molecule has 1 N–H and O–H groups in total. The quantitative estimate of drug-likeness (QED) is 0.853. The molecular formula is C18H20N2O2. The second-order valence-electron chi connectivity index (χ2n) is 5.05. The van der Waals surface area contributed by atoms with E-state index >= 15 is 0 Å². The van der Waals surface area contributed by atoms with Gasteiger partial charge in [-0.1, -0.05) is 30.3 Å². The van der Waals surface area contributed by atoms with E-state index in [2.05, 4.69) is 11.0 Å². The second kappa shape index (κ2) is 8.18. The minimum absolute atomic E-state index is 0.103. The highest BCUT2D eigenvalue weighted by Gasteiger charge is 2.10. The molecule has 114 valence electrons. The number of hydrogen-bond donors (Lipinski definition) is 1. The summed E-state index contributed by atoms with van der Waals surface area (Å²) < 4.78 is 5.38. The monoisotopic (exact) mass is 296 g/mol. The lowest BCUT2D eigenvalue weighted by molar-refractivity contribution is 0.183. The van der Waals surface area contributed by atoms with Gasteiger partial charge in [0.2, 0.25) is 0 Å². The summed E-state index contributed by atoms with van der Waals surface area (Å²) in [6, 6.07) is 17.5. The highest BCUT2D eigenvalue weighted by Crippen LogP contribution is 2.20. The molecule has 22 heavy (non-hydrogen) atoms. The van der Waals surface area contributed by atoms with E-state index in [1.54, 1.807) is 7.11 Å². The van der Waals surface area contributed by atoms with Gasteiger partial charge in [-0.2, -0.15) is 5.26 Å². The summed E-state index contributed by atoms with van der Waals surface area (Å²) in [6.07, 6.45) is 0. The third kappa shape index (κ3) is 4.32. The molecule has 0 amide bonds. The van der Waals surface area contributed by atoms with Gasteiger partial charge in [-0.25, -0.2) is 0 Å². The highest BCUT2D eigenvalue weighted by molar-refractivity contribution is 5.34. The minimum atomic E-state index is 0.103. The Hall–Kier alpha value is -2.35. The van der Waals surface area contributed by atoms with Gasteiger partial charge in [0, 0.05) is 25.2 Å². The van der Waals surface area contributed by atoms with E-state index in [1.165, 1.54) is 0 Å². The largest absolute Gasteiger partial charge is 0.496 e. The van der Waals surface area contributed by atoms with Crippen LogP contribution in [0.1, 0.15) is 16.7 Å². The van der Waals surface area contributed by atoms with Crippen LogP contribution < -0.4 is 4.74 Å². The topological polar surface area (TPSA) is 56.5 Å². The fourth-order valence-corrected chi connectivity index (χ4v) is 2.37. The number of methoxy groups -OCH3 is 1. The van der Waals surface area contributed by atoms with Crippen molar-refractivity contribution < 1.29 is 9.84 Å². The van der Waals surface area contributed by atoms with E-state index in [4.69, 9.17) is 10.00 Å². The Kier molecular flexibility index (Phi) is 5.96. The average molecular weight is 296 g/mol. The summed E-state index contributed by atoms with van der Waals surface area (Å²) >= 11 is 0. The van der Waals surface area contributed by atoms with E-state index in [0.717, 1.165) is 16.9 Å². The SMILES string of the molecule is COc1ccccc1CN(CCO)Cc1ccc(C#N)cc1. The van der Waals surface area contributed by atoms with Gasteiger partial charge in [0.1, 0.15) is 5.75 Å². The predicted molar refractivity (Wildman–Crippen MR) is 85.4 cm³/mol. The molecule has 0 atom stereocenters. The molecule has 0 heterocycles. The maximum absolute atomic E-state index is 9.29. The average Bonchev–Trinajstić information content (AvgIpc) is 2.56. The van der Waals surface area contributed by atoms with Gasteiger partial charge in [-0.05, 0) is 23.8 Å². The number of nitriles is 1. The molecule has 0 aliphatic carbocycles. The third-order valence-corrected chi connectivity index (χ3v) is 3.49. The summed E-state index contributed by atoms with van der Waals surface area (Å²) in [6.45, 7) is 2.10. The van der Waals surface area contributed by atoms with Gasteiger partial charge in [-0.3, -0.25) is 4.90 Å². The Morgan fingerprint density at radius 2 is 1.82 bits per heavy atom. The summed E-state index contributed by atoms with van der Waals surface area (Å²) in [4.78, 5) is 2.15. The fourth-order valence-electron chi connectivity index (χ4n) is 2.37. The third-order valence-electron chi connectivity index (χ3n) is 3.49. The number of hydrogen-bond acceptors (Lipinski definition) is 4. The molecule has 0 spiro atoms. The van der Waals surface area contributed by atoms with E-state index in [9.17, 15) is 5.11 Å². The number of nitrogens with zero attached hydrogens (tertiary/aromatic N) is 2. The second-order valence-corrected chi connectivity index (χ2v) is 5.05. The lowest BCUT2D eigenvalue weighted by atomic mass is 10.1. The van der Waals surface area contributed by atoms with E-state index in [-0.39, 0.29) is 6.61 Å². The normalized spacial score (nSPS) is 10.5. The number of aliphatic hydroxyl groups is 1. The van der Waals surface area contributed by atoms with Crippen LogP contribution in [0.15, 0.2) is 48.5 Å². The number of benzene rings is 2. The molecule has 0 bridgehead atoms. The molecule has 2 rings (SSSR count). The van der Waals surface area contributed by atoms with E-state index < -0.39 is 0 Å². The van der Waals surface area contributed by atoms with Crippen molar-refractivity contribution in [1.29, 1.82) is 5.26 Å². The molecule has 0 aromatic heterocycles. The first-order valence-corrected chi connectivity index (χ1v) is 7.21. The van der Waals surface area contributed by atoms with Crippen molar-refractivity contribution >= 4 is 0 Å². The summed E-state index contributed by atoms with van der Waals surface area (Å²) in [5, 5.41) is 18.1. The highest BCUT2D eigenvalue weighted by atomic mass is 16.5. The molecular weight excluding hydrogens is 276 g/mol. The van der Waals surface area contributed by atoms with Gasteiger partial charge >= 0.3 is 0 Å². The Bertz CT molecular complexity index is 632. The lowest BCUT2D eigenvalue weighted by Gasteiger charge is -2.22. The zero-order valence-electron chi connectivity index (χ0n) is 12.7. The smallest absolute Gasteiger partial charge is 0.123 e. The van der Waals surface area contributed by atoms with Crippen molar-refractivity contribution in [2.75, 3.05) is 20.3 Å². The molecule has 4 nitrogen and oxygen atoms in total. The van der Waals surface area contributed by atoms with Crippen LogP contribution in [0, 0.1) is 11.3 Å². The Labute approximate surface area is 131 Å². The molecule has 0 unspecified atom stereocenters. The van der Waals surface area contributed by atoms with Crippen LogP contribution in [0.25, 0.3) is 0 Å². The molecule has 0 saturated heterocycles. The van der Waals surface area contributed by atoms with Crippen LogP contribution in [0.2, 0.25) is 0 Å². The first-order valence-electron chi connectivity index (χ1n) is 7.21. The molecule has 0 aliphatic heterocycles. The van der Waals surface area contributed by atoms with Gasteiger partial charge in [-0.15, -0.1) is 0 Å². The number of aliphatic hydroxyl groups excluding tert-OH is 1. The Morgan fingerprint density at radius 1 is 1.09 bits per heavy atom. The molecule has 0 radical (unpaired) electrons. The first kappa shape index (κ1) is 16.0. The van der Waals surface area contributed by atoms with Gasteiger partial charge in [0.05, 0.1) is 25.3 Å². The maximum atomic E-state index is 9.29. The van der Waals surface area contributed by atoms with Crippen LogP contribution in [0.5, 0.6) is 5.75 Å². The van der Waals surface area contributed by atoms with Crippen LogP contribution in [-0.2, 0) is 13.1 Å². The molecule has 0 saturated carbocycles. The van der Waals surface area contributed by atoms with Crippen molar-refractivity contribution in [2.24, 2.45) is 0 Å². The standard InChI is InChI=1S/C18H20N2O2/c1-22-18-5-3-2-4-17(18)14-20(10-11-21)13-16-8-6-15(12-19)7-9-16/h2-9,21H,10-11,13-14H2,1H3. The van der Waals surface area contributed by atoms with Crippen LogP contribution in [-0.4, -0.2) is 30.3 Å². The number of para-hydroxylation sites is 1. The van der Waals surface area contributed by atoms with Crippen molar-refractivity contribution in [1.82, 2.24) is 4.90 Å². The van der Waals surface area contributed by atoms with Crippen LogP contribution >= 0.6 is 0 Å². The zero-order chi connectivity index (χ0) is 15.8. The van der Waals surface area contributed by atoms with Gasteiger partial charge in [0.25, 0.3) is 0 Å². The fraction of sp³-hybridized carbons (Fsp3) is 0.278.